The Balaban J connectivity index is 1.80. The Labute approximate surface area is 123 Å². The predicted molar refractivity (Wildman–Crippen MR) is 77.3 cm³/mol. The number of nitro benzene ring substituents is 1. The van der Waals surface area contributed by atoms with Gasteiger partial charge < -0.3 is 9.73 Å². The van der Waals surface area contributed by atoms with E-state index in [1.54, 1.807) is 24.3 Å². The second-order valence-electron chi connectivity index (χ2n) is 4.41. The van der Waals surface area contributed by atoms with E-state index < -0.39 is 10.8 Å². The Morgan fingerprint density at radius 3 is 2.86 bits per heavy atom. The number of hydrogen-bond acceptors (Lipinski definition) is 5. The van der Waals surface area contributed by atoms with Crippen molar-refractivity contribution in [3.05, 3.63) is 64.6 Å². The van der Waals surface area contributed by atoms with Crippen molar-refractivity contribution in [3.8, 4) is 11.3 Å². The van der Waals surface area contributed by atoms with Crippen LogP contribution in [0, 0.1) is 10.1 Å². The monoisotopic (exact) mass is 298 g/mol. The zero-order chi connectivity index (χ0) is 15.5. The molecule has 1 aromatic carbocycles. The van der Waals surface area contributed by atoms with Crippen LogP contribution in [0.15, 0.2) is 53.1 Å². The number of hydrogen-bond donors (Lipinski definition) is 2. The van der Waals surface area contributed by atoms with Crippen molar-refractivity contribution in [2.75, 3.05) is 5.32 Å². The Morgan fingerprint density at radius 1 is 1.27 bits per heavy atom. The Hall–Kier alpha value is -3.42. The van der Waals surface area contributed by atoms with E-state index in [1.165, 1.54) is 24.5 Å². The maximum Gasteiger partial charge on any atom is 0.292 e. The predicted octanol–water partition coefficient (Wildman–Crippen LogP) is 2.83. The highest BCUT2D eigenvalue weighted by Crippen LogP contribution is 2.24. The van der Waals surface area contributed by atoms with E-state index in [0.29, 0.717) is 17.1 Å². The Kier molecular flexibility index (Phi) is 3.40. The van der Waals surface area contributed by atoms with Gasteiger partial charge in [-0.25, -0.2) is 0 Å². The third-order valence-electron chi connectivity index (χ3n) is 2.93. The minimum Gasteiger partial charge on any atom is -0.459 e. The van der Waals surface area contributed by atoms with Gasteiger partial charge in [-0.05, 0) is 12.1 Å². The first-order chi connectivity index (χ1) is 10.6. The van der Waals surface area contributed by atoms with Crippen molar-refractivity contribution < 1.29 is 14.1 Å². The lowest BCUT2D eigenvalue weighted by Gasteiger charge is -1.97. The number of non-ortho nitro benzene ring substituents is 1. The van der Waals surface area contributed by atoms with E-state index in [-0.39, 0.29) is 11.4 Å². The second kappa shape index (κ2) is 5.52. The number of furan rings is 1. The number of nitrogens with zero attached hydrogens (tertiary/aromatic N) is 2. The SMILES string of the molecule is O=C(Nc1cc(-c2cccc([N+](=O)[O-])c2)[nH]n1)c1ccco1. The summed E-state index contributed by atoms with van der Waals surface area (Å²) in [6, 6.07) is 10.8. The van der Waals surface area contributed by atoms with Gasteiger partial charge in [0, 0.05) is 23.8 Å². The molecule has 2 heterocycles. The molecule has 0 aliphatic carbocycles. The first-order valence-corrected chi connectivity index (χ1v) is 6.28. The third-order valence-corrected chi connectivity index (χ3v) is 2.93. The Bertz CT molecular complexity index is 823. The normalized spacial score (nSPS) is 10.4. The summed E-state index contributed by atoms with van der Waals surface area (Å²) < 4.78 is 4.98. The molecule has 0 unspecified atom stereocenters. The van der Waals surface area contributed by atoms with Crippen LogP contribution < -0.4 is 5.32 Å². The van der Waals surface area contributed by atoms with E-state index in [4.69, 9.17) is 4.42 Å². The van der Waals surface area contributed by atoms with Gasteiger partial charge in [0.15, 0.2) is 11.6 Å². The van der Waals surface area contributed by atoms with Crippen molar-refractivity contribution in [1.29, 1.82) is 0 Å². The highest BCUT2D eigenvalue weighted by molar-refractivity contribution is 6.01. The molecule has 0 spiro atoms. The molecule has 110 valence electrons. The van der Waals surface area contributed by atoms with Gasteiger partial charge in [0.1, 0.15) is 0 Å². The van der Waals surface area contributed by atoms with Crippen LogP contribution in [0.2, 0.25) is 0 Å². The quantitative estimate of drug-likeness (QED) is 0.567. The lowest BCUT2D eigenvalue weighted by Crippen LogP contribution is -2.10. The van der Waals surface area contributed by atoms with Crippen LogP contribution in [0.1, 0.15) is 10.6 Å². The van der Waals surface area contributed by atoms with E-state index in [2.05, 4.69) is 15.5 Å². The van der Waals surface area contributed by atoms with E-state index in [0.717, 1.165) is 0 Å². The number of anilines is 1. The molecule has 8 heteroatoms. The fourth-order valence-corrected chi connectivity index (χ4v) is 1.91. The van der Waals surface area contributed by atoms with Gasteiger partial charge in [-0.2, -0.15) is 5.10 Å². The van der Waals surface area contributed by atoms with Crippen LogP contribution >= 0.6 is 0 Å². The molecular weight excluding hydrogens is 288 g/mol. The summed E-state index contributed by atoms with van der Waals surface area (Å²) in [5, 5.41) is 20.0. The minimum absolute atomic E-state index is 0.0201. The molecule has 0 bridgehead atoms. The number of aromatic nitrogens is 2. The van der Waals surface area contributed by atoms with Crippen molar-refractivity contribution in [2.24, 2.45) is 0 Å². The molecule has 0 radical (unpaired) electrons. The fourth-order valence-electron chi connectivity index (χ4n) is 1.91. The number of carbonyl (C=O) groups is 1. The molecule has 1 amide bonds. The maximum atomic E-state index is 11.8. The topological polar surface area (TPSA) is 114 Å². The number of H-pyrrole nitrogens is 1. The summed E-state index contributed by atoms with van der Waals surface area (Å²) in [7, 11) is 0. The van der Waals surface area contributed by atoms with Gasteiger partial charge >= 0.3 is 0 Å². The van der Waals surface area contributed by atoms with Gasteiger partial charge in [-0.1, -0.05) is 12.1 Å². The summed E-state index contributed by atoms with van der Waals surface area (Å²) in [5.74, 6) is 0.0323. The molecule has 0 saturated carbocycles. The standard InChI is InChI=1S/C14H10N4O4/c19-14(12-5-2-6-22-12)15-13-8-11(16-17-13)9-3-1-4-10(7-9)18(20)21/h1-8H,(H2,15,16,17,19). The van der Waals surface area contributed by atoms with Crippen molar-refractivity contribution in [2.45, 2.75) is 0 Å². The van der Waals surface area contributed by atoms with Gasteiger partial charge in [-0.3, -0.25) is 20.0 Å². The van der Waals surface area contributed by atoms with Gasteiger partial charge in [0.2, 0.25) is 0 Å². The fraction of sp³-hybridized carbons (Fsp3) is 0. The maximum absolute atomic E-state index is 11.8. The summed E-state index contributed by atoms with van der Waals surface area (Å²) in [4.78, 5) is 22.1. The lowest BCUT2D eigenvalue weighted by atomic mass is 10.1. The Morgan fingerprint density at radius 2 is 2.14 bits per heavy atom. The molecular formula is C14H10N4O4. The van der Waals surface area contributed by atoms with Gasteiger partial charge in [0.25, 0.3) is 11.6 Å². The zero-order valence-corrected chi connectivity index (χ0v) is 11.1. The number of carbonyl (C=O) groups excluding carboxylic acids is 1. The van der Waals surface area contributed by atoms with Gasteiger partial charge in [0.05, 0.1) is 16.9 Å². The average Bonchev–Trinajstić information content (AvgIpc) is 3.19. The van der Waals surface area contributed by atoms with Gasteiger partial charge in [-0.15, -0.1) is 0 Å². The first-order valence-electron chi connectivity index (χ1n) is 6.28. The van der Waals surface area contributed by atoms with Crippen molar-refractivity contribution in [3.63, 3.8) is 0 Å². The molecule has 2 N–H and O–H groups in total. The van der Waals surface area contributed by atoms with Crippen LogP contribution in [-0.2, 0) is 0 Å². The van der Waals surface area contributed by atoms with Crippen LogP contribution in [0.25, 0.3) is 11.3 Å². The number of aromatic amines is 1. The third kappa shape index (κ3) is 2.70. The molecule has 3 aromatic rings. The summed E-state index contributed by atoms with van der Waals surface area (Å²) in [6.45, 7) is 0. The molecule has 0 aliphatic heterocycles. The molecule has 0 saturated heterocycles. The molecule has 0 aliphatic rings. The van der Waals surface area contributed by atoms with Crippen molar-refractivity contribution >= 4 is 17.4 Å². The number of rotatable bonds is 4. The van der Waals surface area contributed by atoms with Crippen LogP contribution in [0.4, 0.5) is 11.5 Å². The molecule has 8 nitrogen and oxygen atoms in total. The van der Waals surface area contributed by atoms with Crippen LogP contribution in [0.5, 0.6) is 0 Å². The molecule has 3 rings (SSSR count). The summed E-state index contributed by atoms with van der Waals surface area (Å²) >= 11 is 0. The lowest BCUT2D eigenvalue weighted by molar-refractivity contribution is -0.384. The summed E-state index contributed by atoms with van der Waals surface area (Å²) in [6.07, 6.45) is 1.40. The average molecular weight is 298 g/mol. The number of nitrogens with one attached hydrogen (secondary N) is 2. The first kappa shape index (κ1) is 13.6. The molecule has 22 heavy (non-hydrogen) atoms. The van der Waals surface area contributed by atoms with E-state index in [1.807, 2.05) is 0 Å². The highest BCUT2D eigenvalue weighted by Gasteiger charge is 2.13. The number of amides is 1. The molecule has 2 aromatic heterocycles. The number of benzene rings is 1. The second-order valence-corrected chi connectivity index (χ2v) is 4.41. The molecule has 0 atom stereocenters. The van der Waals surface area contributed by atoms with E-state index >= 15 is 0 Å². The minimum atomic E-state index is -0.473. The summed E-state index contributed by atoms with van der Waals surface area (Å²) in [5.41, 5.74) is 1.13. The molecule has 0 fully saturated rings. The van der Waals surface area contributed by atoms with E-state index in [9.17, 15) is 14.9 Å². The number of nitro groups is 1. The smallest absolute Gasteiger partial charge is 0.292 e. The van der Waals surface area contributed by atoms with Crippen molar-refractivity contribution in [1.82, 2.24) is 10.2 Å². The highest BCUT2D eigenvalue weighted by atomic mass is 16.6. The van der Waals surface area contributed by atoms with Crippen LogP contribution in [0.3, 0.4) is 0 Å². The van der Waals surface area contributed by atoms with Crippen LogP contribution in [-0.4, -0.2) is 21.0 Å². The largest absolute Gasteiger partial charge is 0.459 e. The zero-order valence-electron chi connectivity index (χ0n) is 11.1.